The molecule has 1 aliphatic heterocycles. The number of ether oxygens (including phenoxy) is 1. The van der Waals surface area contributed by atoms with Gasteiger partial charge in [-0.15, -0.1) is 0 Å². The molecular formula is C12H17FN2O2. The molecule has 0 saturated carbocycles. The van der Waals surface area contributed by atoms with Crippen LogP contribution in [-0.4, -0.2) is 24.9 Å². The molecular weight excluding hydrogens is 223 g/mol. The monoisotopic (exact) mass is 240 g/mol. The molecule has 1 fully saturated rings. The number of hydrogen-bond donors (Lipinski definition) is 3. The summed E-state index contributed by atoms with van der Waals surface area (Å²) in [7, 11) is 0. The van der Waals surface area contributed by atoms with Crippen molar-refractivity contribution in [3.05, 3.63) is 35.6 Å². The van der Waals surface area contributed by atoms with E-state index < -0.39 is 5.54 Å². The number of rotatable bonds is 3. The third-order valence-electron chi connectivity index (χ3n) is 3.49. The fourth-order valence-electron chi connectivity index (χ4n) is 2.46. The van der Waals surface area contributed by atoms with Gasteiger partial charge in [0.05, 0.1) is 18.8 Å². The fraction of sp³-hybridized carbons (Fsp3) is 0.500. The van der Waals surface area contributed by atoms with Gasteiger partial charge in [-0.05, 0) is 12.5 Å². The van der Waals surface area contributed by atoms with E-state index in [9.17, 15) is 9.50 Å². The highest BCUT2D eigenvalue weighted by Gasteiger charge is 2.43. The van der Waals surface area contributed by atoms with Crippen molar-refractivity contribution < 1.29 is 14.2 Å². The summed E-state index contributed by atoms with van der Waals surface area (Å²) in [6, 6.07) is 6.50. The summed E-state index contributed by atoms with van der Waals surface area (Å²) in [5.74, 6) is 5.06. The Morgan fingerprint density at radius 3 is 2.94 bits per heavy atom. The summed E-state index contributed by atoms with van der Waals surface area (Å²) in [5.41, 5.74) is 2.43. The number of nitrogens with two attached hydrogens (primary N) is 1. The van der Waals surface area contributed by atoms with Gasteiger partial charge < -0.3 is 9.84 Å². The smallest absolute Gasteiger partial charge is 0.128 e. The van der Waals surface area contributed by atoms with Crippen molar-refractivity contribution in [3.8, 4) is 0 Å². The standard InChI is InChI=1S/C12H17FN2O2/c13-11-4-2-1-3-10(11)12(15-14)5-6-17-8-9(12)7-16/h1-4,9,15-16H,5-8,14H2/t9-,12+/m1/s1. The van der Waals surface area contributed by atoms with Gasteiger partial charge in [0.15, 0.2) is 0 Å². The average Bonchev–Trinajstić information content (AvgIpc) is 2.39. The minimum absolute atomic E-state index is 0.0987. The first kappa shape index (κ1) is 12.4. The van der Waals surface area contributed by atoms with Gasteiger partial charge in [-0.3, -0.25) is 5.84 Å². The molecule has 1 aromatic rings. The summed E-state index contributed by atoms with van der Waals surface area (Å²) in [4.78, 5) is 0. The SMILES string of the molecule is NN[C@@]1(c2ccccc2F)CCOC[C@H]1CO. The lowest BCUT2D eigenvalue weighted by molar-refractivity contribution is -0.0398. The van der Waals surface area contributed by atoms with E-state index in [0.29, 0.717) is 25.2 Å². The van der Waals surface area contributed by atoms with Crippen LogP contribution in [0.2, 0.25) is 0 Å². The second-order valence-electron chi connectivity index (χ2n) is 4.30. The molecule has 0 radical (unpaired) electrons. The number of aliphatic hydroxyl groups excluding tert-OH is 1. The minimum Gasteiger partial charge on any atom is -0.396 e. The Labute approximate surface area is 99.5 Å². The molecule has 94 valence electrons. The Morgan fingerprint density at radius 2 is 2.29 bits per heavy atom. The number of halogens is 1. The van der Waals surface area contributed by atoms with Crippen LogP contribution in [0.3, 0.4) is 0 Å². The van der Waals surface area contributed by atoms with Crippen molar-refractivity contribution in [2.24, 2.45) is 11.8 Å². The maximum absolute atomic E-state index is 13.9. The zero-order valence-electron chi connectivity index (χ0n) is 9.53. The van der Waals surface area contributed by atoms with Crippen LogP contribution in [0, 0.1) is 11.7 Å². The Kier molecular flexibility index (Phi) is 3.73. The number of hydrogen-bond acceptors (Lipinski definition) is 4. The fourth-order valence-corrected chi connectivity index (χ4v) is 2.46. The van der Waals surface area contributed by atoms with E-state index in [2.05, 4.69) is 5.43 Å². The van der Waals surface area contributed by atoms with E-state index >= 15 is 0 Å². The van der Waals surface area contributed by atoms with Crippen molar-refractivity contribution >= 4 is 0 Å². The van der Waals surface area contributed by atoms with Crippen molar-refractivity contribution in [2.75, 3.05) is 19.8 Å². The molecule has 4 N–H and O–H groups in total. The Hall–Kier alpha value is -1.01. The number of nitrogens with one attached hydrogen (secondary N) is 1. The van der Waals surface area contributed by atoms with Crippen molar-refractivity contribution in [1.29, 1.82) is 0 Å². The van der Waals surface area contributed by atoms with Crippen molar-refractivity contribution in [1.82, 2.24) is 5.43 Å². The van der Waals surface area contributed by atoms with Crippen LogP contribution in [-0.2, 0) is 10.3 Å². The molecule has 17 heavy (non-hydrogen) atoms. The first-order valence-corrected chi connectivity index (χ1v) is 5.66. The lowest BCUT2D eigenvalue weighted by Crippen LogP contribution is -2.57. The van der Waals surface area contributed by atoms with E-state index in [0.717, 1.165) is 0 Å². The molecule has 2 rings (SSSR count). The predicted octanol–water partition coefficient (Wildman–Crippen LogP) is 0.513. The maximum atomic E-state index is 13.9. The third kappa shape index (κ3) is 2.07. The maximum Gasteiger partial charge on any atom is 0.128 e. The van der Waals surface area contributed by atoms with Gasteiger partial charge in [-0.25, -0.2) is 9.82 Å². The molecule has 1 heterocycles. The number of benzene rings is 1. The Bertz CT molecular complexity index is 389. The molecule has 0 aliphatic carbocycles. The molecule has 1 aliphatic rings. The van der Waals surface area contributed by atoms with Crippen LogP contribution in [0.25, 0.3) is 0 Å². The first-order chi connectivity index (χ1) is 8.24. The normalized spacial score (nSPS) is 29.2. The average molecular weight is 240 g/mol. The van der Waals surface area contributed by atoms with Gasteiger partial charge >= 0.3 is 0 Å². The minimum atomic E-state index is -0.752. The summed E-state index contributed by atoms with van der Waals surface area (Å²) in [5, 5.41) is 9.41. The van der Waals surface area contributed by atoms with E-state index in [1.54, 1.807) is 18.2 Å². The van der Waals surface area contributed by atoms with E-state index in [1.807, 2.05) is 0 Å². The number of hydrazine groups is 1. The molecule has 1 aromatic carbocycles. The van der Waals surface area contributed by atoms with Crippen LogP contribution < -0.4 is 11.3 Å². The zero-order valence-corrected chi connectivity index (χ0v) is 9.53. The summed E-state index contributed by atoms with van der Waals surface area (Å²) < 4.78 is 19.2. The summed E-state index contributed by atoms with van der Waals surface area (Å²) >= 11 is 0. The van der Waals surface area contributed by atoms with Crippen molar-refractivity contribution in [2.45, 2.75) is 12.0 Å². The van der Waals surface area contributed by atoms with Crippen LogP contribution >= 0.6 is 0 Å². The highest BCUT2D eigenvalue weighted by Crippen LogP contribution is 2.37. The van der Waals surface area contributed by atoms with Gasteiger partial charge in [0.1, 0.15) is 5.82 Å². The molecule has 1 saturated heterocycles. The molecule has 0 bridgehead atoms. The molecule has 0 amide bonds. The summed E-state index contributed by atoms with van der Waals surface area (Å²) in [6.07, 6.45) is 0.537. The van der Waals surface area contributed by atoms with Gasteiger partial charge in [-0.1, -0.05) is 18.2 Å². The molecule has 0 aromatic heterocycles. The van der Waals surface area contributed by atoms with E-state index in [4.69, 9.17) is 10.6 Å². The largest absolute Gasteiger partial charge is 0.396 e. The summed E-state index contributed by atoms with van der Waals surface area (Å²) in [6.45, 7) is 0.766. The van der Waals surface area contributed by atoms with Gasteiger partial charge in [0.2, 0.25) is 0 Å². The zero-order chi connectivity index (χ0) is 12.3. The Balaban J connectivity index is 2.45. The van der Waals surface area contributed by atoms with Gasteiger partial charge in [0, 0.05) is 18.1 Å². The van der Waals surface area contributed by atoms with Crippen LogP contribution in [0.1, 0.15) is 12.0 Å². The lowest BCUT2D eigenvalue weighted by Gasteiger charge is -2.43. The molecule has 0 unspecified atom stereocenters. The molecule has 2 atom stereocenters. The van der Waals surface area contributed by atoms with Crippen molar-refractivity contribution in [3.63, 3.8) is 0 Å². The molecule has 5 heteroatoms. The molecule has 0 spiro atoms. The quantitative estimate of drug-likeness (QED) is 0.532. The van der Waals surface area contributed by atoms with E-state index in [-0.39, 0.29) is 18.3 Å². The highest BCUT2D eigenvalue weighted by atomic mass is 19.1. The topological polar surface area (TPSA) is 67.5 Å². The molecule has 4 nitrogen and oxygen atoms in total. The van der Waals surface area contributed by atoms with Crippen LogP contribution in [0.5, 0.6) is 0 Å². The lowest BCUT2D eigenvalue weighted by atomic mass is 9.75. The number of aliphatic hydroxyl groups is 1. The predicted molar refractivity (Wildman–Crippen MR) is 61.4 cm³/mol. The second-order valence-corrected chi connectivity index (χ2v) is 4.30. The Morgan fingerprint density at radius 1 is 1.53 bits per heavy atom. The van der Waals surface area contributed by atoms with E-state index in [1.165, 1.54) is 6.07 Å². The highest BCUT2D eigenvalue weighted by molar-refractivity contribution is 5.28. The second kappa shape index (κ2) is 5.10. The third-order valence-corrected chi connectivity index (χ3v) is 3.49. The van der Waals surface area contributed by atoms with Gasteiger partial charge in [0.25, 0.3) is 0 Å². The van der Waals surface area contributed by atoms with Gasteiger partial charge in [-0.2, -0.15) is 0 Å². The van der Waals surface area contributed by atoms with Crippen LogP contribution in [0.15, 0.2) is 24.3 Å². The first-order valence-electron chi connectivity index (χ1n) is 5.66. The van der Waals surface area contributed by atoms with Crippen LogP contribution in [0.4, 0.5) is 4.39 Å².